The number of fused-ring (bicyclic) bond motifs is 1. The Hall–Kier alpha value is -3.00. The summed E-state index contributed by atoms with van der Waals surface area (Å²) in [5, 5.41) is 7.20. The van der Waals surface area contributed by atoms with E-state index in [1.54, 1.807) is 26.2 Å². The number of Topliss-reactive ketones (excluding diaryl/α,β-unsaturated/α-hetero) is 1. The number of nitrogens with one attached hydrogen (secondary N) is 1. The van der Waals surface area contributed by atoms with Crippen LogP contribution < -0.4 is 15.7 Å². The number of anilines is 1. The summed E-state index contributed by atoms with van der Waals surface area (Å²) in [5.74, 6) is -0.630. The van der Waals surface area contributed by atoms with Gasteiger partial charge >= 0.3 is 5.63 Å². The fourth-order valence-corrected chi connectivity index (χ4v) is 4.24. The van der Waals surface area contributed by atoms with Crippen LogP contribution in [-0.4, -0.2) is 24.0 Å². The van der Waals surface area contributed by atoms with Gasteiger partial charge in [-0.15, -0.1) is 0 Å². The number of amides is 1. The summed E-state index contributed by atoms with van der Waals surface area (Å²) in [6, 6.07) is 10.2. The molecule has 1 heterocycles. The fraction of sp³-hybridized carbons (Fsp3) is 0.273. The molecule has 8 heteroatoms. The van der Waals surface area contributed by atoms with Gasteiger partial charge in [0.05, 0.1) is 22.7 Å². The molecule has 3 rings (SSSR count). The van der Waals surface area contributed by atoms with Crippen molar-refractivity contribution in [1.82, 2.24) is 5.16 Å². The van der Waals surface area contributed by atoms with Crippen molar-refractivity contribution >= 4 is 44.1 Å². The van der Waals surface area contributed by atoms with Gasteiger partial charge in [-0.25, -0.2) is 4.79 Å². The normalized spacial score (nSPS) is 11.4. The van der Waals surface area contributed by atoms with Crippen molar-refractivity contribution in [3.05, 3.63) is 62.5 Å². The molecule has 7 nitrogen and oxygen atoms in total. The fourth-order valence-electron chi connectivity index (χ4n) is 3.28. The monoisotopic (exact) mass is 472 g/mol. The number of aryl methyl sites for hydroxylation is 1. The van der Waals surface area contributed by atoms with Crippen LogP contribution in [0, 0.1) is 6.92 Å². The number of rotatable bonds is 6. The van der Waals surface area contributed by atoms with Gasteiger partial charge in [0.25, 0.3) is 5.91 Å². The minimum Gasteiger partial charge on any atom is -0.496 e. The molecule has 156 valence electrons. The van der Waals surface area contributed by atoms with Crippen LogP contribution >= 0.6 is 15.9 Å². The smallest absolute Gasteiger partial charge is 0.366 e. The summed E-state index contributed by atoms with van der Waals surface area (Å²) in [6.07, 6.45) is 0.00234. The van der Waals surface area contributed by atoms with Gasteiger partial charge in [-0.05, 0) is 58.1 Å². The van der Waals surface area contributed by atoms with E-state index in [0.717, 1.165) is 10.0 Å². The Balaban J connectivity index is 1.79. The molecule has 0 unspecified atom stereocenters. The molecular formula is C22H21BrN2O5. The van der Waals surface area contributed by atoms with Gasteiger partial charge < -0.3 is 14.6 Å². The predicted octanol–water partition coefficient (Wildman–Crippen LogP) is 4.14. The number of halogens is 1. The van der Waals surface area contributed by atoms with Crippen LogP contribution in [0.4, 0.5) is 5.69 Å². The van der Waals surface area contributed by atoms with Crippen LogP contribution in [0.2, 0.25) is 0 Å². The van der Waals surface area contributed by atoms with Crippen molar-refractivity contribution in [3.8, 4) is 5.75 Å². The first-order valence-electron chi connectivity index (χ1n) is 9.21. The highest BCUT2D eigenvalue weighted by Gasteiger charge is 2.30. The van der Waals surface area contributed by atoms with Crippen molar-refractivity contribution in [2.24, 2.45) is 0 Å². The van der Waals surface area contributed by atoms with E-state index in [2.05, 4.69) is 26.4 Å². The number of hydrogen-bond donors (Lipinski definition) is 1. The third-order valence-corrected chi connectivity index (χ3v) is 5.74. The molecule has 3 aromatic rings. The summed E-state index contributed by atoms with van der Waals surface area (Å²) in [6.45, 7) is 5.47. The van der Waals surface area contributed by atoms with E-state index >= 15 is 0 Å². The second-order valence-electron chi connectivity index (χ2n) is 7.58. The van der Waals surface area contributed by atoms with E-state index in [1.165, 1.54) is 6.07 Å². The summed E-state index contributed by atoms with van der Waals surface area (Å²) in [7, 11) is 1.57. The van der Waals surface area contributed by atoms with Crippen molar-refractivity contribution in [2.75, 3.05) is 12.4 Å². The van der Waals surface area contributed by atoms with Gasteiger partial charge in [-0.1, -0.05) is 31.1 Å². The van der Waals surface area contributed by atoms with E-state index in [4.69, 9.17) is 9.26 Å². The molecular weight excluding hydrogens is 452 g/mol. The number of carbonyl (C=O) groups excluding carboxylic acids is 2. The van der Waals surface area contributed by atoms with Crippen LogP contribution in [0.15, 0.2) is 50.2 Å². The Kier molecular flexibility index (Phi) is 6.07. The second-order valence-corrected chi connectivity index (χ2v) is 8.37. The lowest BCUT2D eigenvalue weighted by molar-refractivity contribution is -0.135. The summed E-state index contributed by atoms with van der Waals surface area (Å²) >= 11 is 3.52. The maximum Gasteiger partial charge on any atom is 0.366 e. The number of nitrogens with zero attached hydrogens (tertiary/aromatic N) is 1. The highest BCUT2D eigenvalue weighted by atomic mass is 79.9. The molecule has 1 amide bonds. The first-order valence-corrected chi connectivity index (χ1v) is 10.0. The maximum absolute atomic E-state index is 12.7. The highest BCUT2D eigenvalue weighted by molar-refractivity contribution is 9.10. The first kappa shape index (κ1) is 21.7. The summed E-state index contributed by atoms with van der Waals surface area (Å²) in [4.78, 5) is 36.9. The number of ketones is 1. The largest absolute Gasteiger partial charge is 0.496 e. The van der Waals surface area contributed by atoms with E-state index in [-0.39, 0.29) is 6.42 Å². The Labute approximate surface area is 181 Å². The van der Waals surface area contributed by atoms with Crippen molar-refractivity contribution in [3.63, 3.8) is 0 Å². The zero-order valence-corrected chi connectivity index (χ0v) is 18.6. The molecule has 0 aliphatic rings. The number of ether oxygens (including phenoxy) is 1. The van der Waals surface area contributed by atoms with Crippen LogP contribution in [0.3, 0.4) is 0 Å². The molecule has 0 radical (unpaired) electrons. The van der Waals surface area contributed by atoms with Crippen molar-refractivity contribution in [1.29, 1.82) is 0 Å². The van der Waals surface area contributed by atoms with Crippen LogP contribution in [0.25, 0.3) is 10.8 Å². The van der Waals surface area contributed by atoms with Gasteiger partial charge in [-0.2, -0.15) is 0 Å². The molecule has 0 atom stereocenters. The highest BCUT2D eigenvalue weighted by Crippen LogP contribution is 2.38. The maximum atomic E-state index is 12.7. The molecule has 0 fully saturated rings. The summed E-state index contributed by atoms with van der Waals surface area (Å²) < 4.78 is 10.8. The van der Waals surface area contributed by atoms with Crippen molar-refractivity contribution in [2.45, 2.75) is 32.6 Å². The minimum atomic E-state index is -0.727. The van der Waals surface area contributed by atoms with E-state index < -0.39 is 22.7 Å². The number of carbonyl (C=O) groups is 2. The number of aromatic nitrogens is 1. The lowest BCUT2D eigenvalue weighted by Gasteiger charge is -2.26. The van der Waals surface area contributed by atoms with Gasteiger partial charge in [0.15, 0.2) is 0 Å². The van der Waals surface area contributed by atoms with Gasteiger partial charge in [0.2, 0.25) is 5.78 Å². The zero-order valence-electron chi connectivity index (χ0n) is 17.0. The molecule has 0 bridgehead atoms. The molecule has 1 N–H and O–H groups in total. The lowest BCUT2D eigenvalue weighted by atomic mass is 9.80. The average Bonchev–Trinajstić information content (AvgIpc) is 2.70. The quantitative estimate of drug-likeness (QED) is 0.541. The zero-order chi connectivity index (χ0) is 22.1. The Morgan fingerprint density at radius 3 is 2.63 bits per heavy atom. The first-order chi connectivity index (χ1) is 14.1. The van der Waals surface area contributed by atoms with Crippen LogP contribution in [0.1, 0.15) is 31.5 Å². The Morgan fingerprint density at radius 2 is 1.93 bits per heavy atom. The third-order valence-electron chi connectivity index (χ3n) is 4.92. The molecule has 30 heavy (non-hydrogen) atoms. The number of hydrogen-bond acceptors (Lipinski definition) is 6. The number of methoxy groups -OCH3 is 1. The predicted molar refractivity (Wildman–Crippen MR) is 117 cm³/mol. The van der Waals surface area contributed by atoms with E-state index in [1.807, 2.05) is 32.0 Å². The van der Waals surface area contributed by atoms with Gasteiger partial charge in [-0.3, -0.25) is 9.59 Å². The minimum absolute atomic E-state index is 0.00234. The Morgan fingerprint density at radius 1 is 1.20 bits per heavy atom. The number of benzene rings is 2. The molecule has 0 aliphatic heterocycles. The Bertz CT molecular complexity index is 1200. The molecule has 0 saturated carbocycles. The molecule has 2 aromatic carbocycles. The van der Waals surface area contributed by atoms with Crippen LogP contribution in [0.5, 0.6) is 5.75 Å². The molecule has 1 aromatic heterocycles. The molecule has 0 aliphatic carbocycles. The summed E-state index contributed by atoms with van der Waals surface area (Å²) in [5.41, 5.74) is 0.607. The lowest BCUT2D eigenvalue weighted by Crippen LogP contribution is -2.30. The average molecular weight is 473 g/mol. The third kappa shape index (κ3) is 4.28. The van der Waals surface area contributed by atoms with Crippen molar-refractivity contribution < 1.29 is 18.8 Å². The standard InChI is InChI=1S/C22H21BrN2O5/c1-12-15-10-13(8-9-14(15)21(28)30-25-12)24-20(27)17(26)11-22(2,3)16-6-5-7-18(29-4)19(16)23/h5-10H,11H2,1-4H3,(H,24,27). The molecule has 0 spiro atoms. The van der Waals surface area contributed by atoms with Gasteiger partial charge in [0.1, 0.15) is 5.75 Å². The molecule has 0 saturated heterocycles. The van der Waals surface area contributed by atoms with E-state index in [0.29, 0.717) is 27.9 Å². The SMILES string of the molecule is COc1cccc(C(C)(C)CC(=O)C(=O)Nc2ccc3c(=O)onc(C)c3c2)c1Br. The van der Waals surface area contributed by atoms with E-state index in [9.17, 15) is 14.4 Å². The van der Waals surface area contributed by atoms with Gasteiger partial charge in [0, 0.05) is 17.5 Å². The van der Waals surface area contributed by atoms with Crippen LogP contribution in [-0.2, 0) is 15.0 Å². The second kappa shape index (κ2) is 8.39. The topological polar surface area (TPSA) is 98.5 Å².